The van der Waals surface area contributed by atoms with E-state index in [9.17, 15) is 4.79 Å². The van der Waals surface area contributed by atoms with Crippen molar-refractivity contribution in [3.63, 3.8) is 0 Å². The third kappa shape index (κ3) is 3.13. The fourth-order valence-electron chi connectivity index (χ4n) is 4.04. The van der Waals surface area contributed by atoms with E-state index in [2.05, 4.69) is 50.9 Å². The average molecular weight is 375 g/mol. The highest BCUT2D eigenvalue weighted by Gasteiger charge is 2.37. The number of nitrogens with zero attached hydrogens (tertiary/aromatic N) is 1. The fraction of sp³-hybridized carbons (Fsp3) is 0.333. The number of hydrogen-bond acceptors (Lipinski definition) is 3. The molecule has 4 rings (SSSR count). The van der Waals surface area contributed by atoms with Crippen molar-refractivity contribution in [1.82, 2.24) is 4.98 Å². The summed E-state index contributed by atoms with van der Waals surface area (Å²) in [4.78, 5) is 15.7. The predicted octanol–water partition coefficient (Wildman–Crippen LogP) is 6.06. The van der Waals surface area contributed by atoms with E-state index in [0.717, 1.165) is 23.2 Å². The zero-order valence-electron chi connectivity index (χ0n) is 16.7. The number of oxazole rings is 1. The van der Waals surface area contributed by atoms with Crippen LogP contribution in [0, 0.1) is 0 Å². The number of hydrogen-bond donors (Lipinski definition) is 1. The topological polar surface area (TPSA) is 63.3 Å². The molecule has 0 radical (unpaired) electrons. The highest BCUT2D eigenvalue weighted by atomic mass is 16.4. The van der Waals surface area contributed by atoms with E-state index >= 15 is 0 Å². The van der Waals surface area contributed by atoms with E-state index in [-0.39, 0.29) is 16.4 Å². The number of aromatic nitrogens is 1. The lowest BCUT2D eigenvalue weighted by Crippen LogP contribution is -2.33. The SMILES string of the molecule is CC1(C)CCC(C)(C)c2cc(-c3coc(-c4ccc(C(=O)O)cc4)n3)ccc21. The molecule has 0 amide bonds. The number of carboxylic acid groups (broad SMARTS) is 1. The summed E-state index contributed by atoms with van der Waals surface area (Å²) in [7, 11) is 0. The number of rotatable bonds is 3. The second-order valence-corrected chi connectivity index (χ2v) is 8.95. The normalized spacial score (nSPS) is 17.1. The molecule has 0 spiro atoms. The van der Waals surface area contributed by atoms with Crippen molar-refractivity contribution in [3.8, 4) is 22.7 Å². The molecule has 4 nitrogen and oxygen atoms in total. The quantitative estimate of drug-likeness (QED) is 0.605. The van der Waals surface area contributed by atoms with E-state index in [0.29, 0.717) is 5.89 Å². The molecule has 144 valence electrons. The van der Waals surface area contributed by atoms with E-state index < -0.39 is 5.97 Å². The minimum Gasteiger partial charge on any atom is -0.478 e. The molecule has 0 saturated carbocycles. The van der Waals surface area contributed by atoms with Crippen LogP contribution in [0.5, 0.6) is 0 Å². The number of carboxylic acids is 1. The highest BCUT2D eigenvalue weighted by molar-refractivity contribution is 5.88. The van der Waals surface area contributed by atoms with Gasteiger partial charge in [-0.2, -0.15) is 0 Å². The van der Waals surface area contributed by atoms with Gasteiger partial charge in [0.15, 0.2) is 0 Å². The van der Waals surface area contributed by atoms with Crippen LogP contribution in [0.15, 0.2) is 53.1 Å². The van der Waals surface area contributed by atoms with Crippen LogP contribution in [0.4, 0.5) is 0 Å². The van der Waals surface area contributed by atoms with Gasteiger partial charge in [-0.05, 0) is 65.1 Å². The minimum absolute atomic E-state index is 0.139. The van der Waals surface area contributed by atoms with E-state index in [1.807, 2.05) is 0 Å². The lowest BCUT2D eigenvalue weighted by atomic mass is 9.63. The minimum atomic E-state index is -0.945. The van der Waals surface area contributed by atoms with E-state index in [1.165, 1.54) is 17.5 Å². The highest BCUT2D eigenvalue weighted by Crippen LogP contribution is 2.46. The Kier molecular flexibility index (Phi) is 4.18. The van der Waals surface area contributed by atoms with Gasteiger partial charge >= 0.3 is 5.97 Å². The summed E-state index contributed by atoms with van der Waals surface area (Å²) < 4.78 is 5.68. The third-order valence-corrected chi connectivity index (χ3v) is 6.03. The first-order valence-electron chi connectivity index (χ1n) is 9.62. The molecular formula is C24H25NO3. The number of aromatic carboxylic acids is 1. The molecule has 0 atom stereocenters. The predicted molar refractivity (Wildman–Crippen MR) is 110 cm³/mol. The molecule has 0 aliphatic heterocycles. The second-order valence-electron chi connectivity index (χ2n) is 8.95. The van der Waals surface area contributed by atoms with Gasteiger partial charge in [0.2, 0.25) is 5.89 Å². The van der Waals surface area contributed by atoms with Gasteiger partial charge in [-0.1, -0.05) is 39.8 Å². The maximum atomic E-state index is 11.0. The molecule has 0 unspecified atom stereocenters. The summed E-state index contributed by atoms with van der Waals surface area (Å²) in [6.07, 6.45) is 4.02. The molecule has 1 aliphatic carbocycles. The number of fused-ring (bicyclic) bond motifs is 1. The first-order valence-corrected chi connectivity index (χ1v) is 9.62. The second kappa shape index (κ2) is 6.33. The van der Waals surface area contributed by atoms with E-state index in [4.69, 9.17) is 9.52 Å². The van der Waals surface area contributed by atoms with Crippen molar-refractivity contribution in [2.75, 3.05) is 0 Å². The van der Waals surface area contributed by atoms with Gasteiger partial charge in [0, 0.05) is 11.1 Å². The van der Waals surface area contributed by atoms with Gasteiger partial charge in [-0.25, -0.2) is 9.78 Å². The van der Waals surface area contributed by atoms with Gasteiger partial charge in [0.05, 0.1) is 5.56 Å². The Morgan fingerprint density at radius 2 is 1.54 bits per heavy atom. The molecule has 1 aromatic heterocycles. The monoisotopic (exact) mass is 375 g/mol. The van der Waals surface area contributed by atoms with Crippen LogP contribution >= 0.6 is 0 Å². The molecule has 2 aromatic carbocycles. The molecule has 4 heteroatoms. The lowest BCUT2D eigenvalue weighted by Gasteiger charge is -2.42. The molecule has 0 bridgehead atoms. The number of carbonyl (C=O) groups is 1. The summed E-state index contributed by atoms with van der Waals surface area (Å²) in [5, 5.41) is 9.04. The van der Waals surface area contributed by atoms with Crippen molar-refractivity contribution < 1.29 is 14.3 Å². The van der Waals surface area contributed by atoms with Gasteiger partial charge in [-0.15, -0.1) is 0 Å². The fourth-order valence-corrected chi connectivity index (χ4v) is 4.04. The Morgan fingerprint density at radius 1 is 0.929 bits per heavy atom. The van der Waals surface area contributed by atoms with Crippen molar-refractivity contribution in [2.45, 2.75) is 51.4 Å². The first-order chi connectivity index (χ1) is 13.2. The summed E-state index contributed by atoms with van der Waals surface area (Å²) in [5.41, 5.74) is 5.97. The van der Waals surface area contributed by atoms with E-state index in [1.54, 1.807) is 30.5 Å². The Morgan fingerprint density at radius 3 is 2.18 bits per heavy atom. The Hall–Kier alpha value is -2.88. The summed E-state index contributed by atoms with van der Waals surface area (Å²) in [5.74, 6) is -0.455. The molecule has 1 heterocycles. The Bertz CT molecular complexity index is 1040. The zero-order chi connectivity index (χ0) is 20.1. The summed E-state index contributed by atoms with van der Waals surface area (Å²) in [6.45, 7) is 9.25. The van der Waals surface area contributed by atoms with Crippen molar-refractivity contribution in [1.29, 1.82) is 0 Å². The van der Waals surface area contributed by atoms with Crippen molar-refractivity contribution in [2.24, 2.45) is 0 Å². The lowest BCUT2D eigenvalue weighted by molar-refractivity contribution is 0.0697. The van der Waals surface area contributed by atoms with Gasteiger partial charge in [-0.3, -0.25) is 0 Å². The molecule has 28 heavy (non-hydrogen) atoms. The Balaban J connectivity index is 1.71. The van der Waals surface area contributed by atoms with Crippen LogP contribution < -0.4 is 0 Å². The van der Waals surface area contributed by atoms with Crippen LogP contribution in [0.3, 0.4) is 0 Å². The van der Waals surface area contributed by atoms with Crippen LogP contribution in [0.2, 0.25) is 0 Å². The Labute approximate surface area is 165 Å². The molecule has 0 saturated heterocycles. The standard InChI is InChI=1S/C24H25NO3/c1-23(2)11-12-24(3,4)19-13-17(9-10-18(19)23)20-14-28-21(25-20)15-5-7-16(8-6-15)22(26)27/h5-10,13-14H,11-12H2,1-4H3,(H,26,27). The van der Waals surface area contributed by atoms with Crippen LogP contribution in [0.25, 0.3) is 22.7 Å². The summed E-state index contributed by atoms with van der Waals surface area (Å²) in [6, 6.07) is 13.2. The largest absolute Gasteiger partial charge is 0.478 e. The van der Waals surface area contributed by atoms with Crippen LogP contribution in [-0.2, 0) is 10.8 Å². The molecule has 1 N–H and O–H groups in total. The van der Waals surface area contributed by atoms with Crippen LogP contribution in [0.1, 0.15) is 62.0 Å². The molecular weight excluding hydrogens is 350 g/mol. The zero-order valence-corrected chi connectivity index (χ0v) is 16.7. The molecule has 0 fully saturated rings. The van der Waals surface area contributed by atoms with Gasteiger partial charge < -0.3 is 9.52 Å². The van der Waals surface area contributed by atoms with Crippen molar-refractivity contribution in [3.05, 3.63) is 65.4 Å². The first kappa shape index (κ1) is 18.5. The maximum Gasteiger partial charge on any atom is 0.335 e. The smallest absolute Gasteiger partial charge is 0.335 e. The third-order valence-electron chi connectivity index (χ3n) is 6.03. The van der Waals surface area contributed by atoms with Gasteiger partial charge in [0.25, 0.3) is 0 Å². The maximum absolute atomic E-state index is 11.0. The molecule has 3 aromatic rings. The average Bonchev–Trinajstić information content (AvgIpc) is 3.15. The van der Waals surface area contributed by atoms with Crippen molar-refractivity contribution >= 4 is 5.97 Å². The van der Waals surface area contributed by atoms with Crippen LogP contribution in [-0.4, -0.2) is 16.1 Å². The summed E-state index contributed by atoms with van der Waals surface area (Å²) >= 11 is 0. The number of benzene rings is 2. The molecule has 1 aliphatic rings. The van der Waals surface area contributed by atoms with Gasteiger partial charge in [0.1, 0.15) is 12.0 Å².